The Hall–Kier alpha value is -2.34. The molecule has 0 radical (unpaired) electrons. The molecule has 1 amide bonds. The molecule has 2 rings (SSSR count). The van der Waals surface area contributed by atoms with Crippen molar-refractivity contribution in [3.8, 4) is 0 Å². The third kappa shape index (κ3) is 4.89. The summed E-state index contributed by atoms with van der Waals surface area (Å²) >= 11 is 0. The molecule has 0 aliphatic heterocycles. The van der Waals surface area contributed by atoms with Crippen molar-refractivity contribution in [3.05, 3.63) is 58.7 Å². The number of carbonyl (C=O) groups excluding carboxylic acids is 1. The highest BCUT2D eigenvalue weighted by Gasteiger charge is 2.26. The molecule has 0 aromatic heterocycles. The second kappa shape index (κ2) is 8.13. The van der Waals surface area contributed by atoms with Crippen molar-refractivity contribution >= 4 is 27.3 Å². The fourth-order valence-electron chi connectivity index (χ4n) is 3.43. The maximum Gasteiger partial charge on any atom is 0.247 e. The molecule has 0 aliphatic carbocycles. The highest BCUT2D eigenvalue weighted by molar-refractivity contribution is 7.92. The van der Waals surface area contributed by atoms with E-state index in [1.165, 1.54) is 4.31 Å². The van der Waals surface area contributed by atoms with Gasteiger partial charge in [-0.15, -0.1) is 0 Å². The van der Waals surface area contributed by atoms with Gasteiger partial charge in [-0.25, -0.2) is 8.42 Å². The summed E-state index contributed by atoms with van der Waals surface area (Å²) in [6, 6.07) is 11.5. The average molecular weight is 389 g/mol. The van der Waals surface area contributed by atoms with Gasteiger partial charge in [-0.1, -0.05) is 29.8 Å². The first kappa shape index (κ1) is 21.0. The van der Waals surface area contributed by atoms with Gasteiger partial charge < -0.3 is 4.90 Å². The SMILES string of the molecule is CCN(C(=O)CN(c1c(C)cc(C)cc1C)S(C)(=O)=O)c1cccc(C)c1. The number of rotatable bonds is 6. The van der Waals surface area contributed by atoms with Crippen LogP contribution in [-0.4, -0.2) is 33.7 Å². The van der Waals surface area contributed by atoms with Gasteiger partial charge >= 0.3 is 0 Å². The normalized spacial score (nSPS) is 11.3. The van der Waals surface area contributed by atoms with Crippen LogP contribution in [0.3, 0.4) is 0 Å². The summed E-state index contributed by atoms with van der Waals surface area (Å²) in [6.45, 7) is 9.79. The molecule has 0 saturated heterocycles. The maximum absolute atomic E-state index is 13.0. The molecule has 0 unspecified atom stereocenters. The standard InChI is InChI=1S/C21H28N2O3S/c1-7-22(19-10-8-9-15(2)13-19)20(24)14-23(27(6,25)26)21-17(4)11-16(3)12-18(21)5/h8-13H,7,14H2,1-6H3. The molecule has 2 aromatic carbocycles. The Morgan fingerprint density at radius 3 is 2.04 bits per heavy atom. The number of benzene rings is 2. The van der Waals surface area contributed by atoms with Crippen LogP contribution >= 0.6 is 0 Å². The van der Waals surface area contributed by atoms with E-state index in [1.807, 2.05) is 71.0 Å². The van der Waals surface area contributed by atoms with Crippen molar-refractivity contribution in [2.45, 2.75) is 34.6 Å². The first-order valence-electron chi connectivity index (χ1n) is 8.97. The molecule has 27 heavy (non-hydrogen) atoms. The molecule has 0 N–H and O–H groups in total. The van der Waals surface area contributed by atoms with E-state index in [0.29, 0.717) is 12.2 Å². The molecule has 146 valence electrons. The van der Waals surface area contributed by atoms with Crippen molar-refractivity contribution in [1.82, 2.24) is 0 Å². The molecule has 0 atom stereocenters. The number of likely N-dealkylation sites (N-methyl/N-ethyl adjacent to an activating group) is 1. The van der Waals surface area contributed by atoms with E-state index in [9.17, 15) is 13.2 Å². The van der Waals surface area contributed by atoms with Gasteiger partial charge in [-0.05, 0) is 63.4 Å². The minimum Gasteiger partial charge on any atom is -0.311 e. The van der Waals surface area contributed by atoms with Gasteiger partial charge in [0.15, 0.2) is 0 Å². The van der Waals surface area contributed by atoms with Gasteiger partial charge in [-0.2, -0.15) is 0 Å². The van der Waals surface area contributed by atoms with Crippen LogP contribution in [0.15, 0.2) is 36.4 Å². The van der Waals surface area contributed by atoms with Gasteiger partial charge in [0.1, 0.15) is 6.54 Å². The van der Waals surface area contributed by atoms with Crippen LogP contribution < -0.4 is 9.21 Å². The van der Waals surface area contributed by atoms with Crippen molar-refractivity contribution < 1.29 is 13.2 Å². The monoisotopic (exact) mass is 388 g/mol. The number of anilines is 2. The second-order valence-electron chi connectivity index (χ2n) is 6.99. The van der Waals surface area contributed by atoms with Crippen LogP contribution in [0.4, 0.5) is 11.4 Å². The predicted octanol–water partition coefficient (Wildman–Crippen LogP) is 3.74. The maximum atomic E-state index is 13.0. The summed E-state index contributed by atoms with van der Waals surface area (Å²) in [7, 11) is -3.62. The molecule has 0 fully saturated rings. The zero-order chi connectivity index (χ0) is 20.4. The van der Waals surface area contributed by atoms with E-state index in [0.717, 1.165) is 34.2 Å². The molecule has 2 aromatic rings. The Balaban J connectivity index is 2.44. The van der Waals surface area contributed by atoms with Crippen LogP contribution in [0.5, 0.6) is 0 Å². The van der Waals surface area contributed by atoms with Crippen molar-refractivity contribution in [1.29, 1.82) is 0 Å². The number of hydrogen-bond donors (Lipinski definition) is 0. The van der Waals surface area contributed by atoms with Gasteiger partial charge in [0.05, 0.1) is 11.9 Å². The fourth-order valence-corrected chi connectivity index (χ4v) is 4.40. The van der Waals surface area contributed by atoms with E-state index in [-0.39, 0.29) is 12.5 Å². The number of carbonyl (C=O) groups is 1. The van der Waals surface area contributed by atoms with Crippen molar-refractivity contribution in [3.63, 3.8) is 0 Å². The minimum absolute atomic E-state index is 0.231. The molecule has 0 spiro atoms. The quantitative estimate of drug-likeness (QED) is 0.757. The molecule has 0 aliphatic rings. The molecular weight excluding hydrogens is 360 g/mol. The molecular formula is C21H28N2O3S. The molecule has 0 bridgehead atoms. The largest absolute Gasteiger partial charge is 0.311 e. The van der Waals surface area contributed by atoms with Crippen LogP contribution in [-0.2, 0) is 14.8 Å². The van der Waals surface area contributed by atoms with E-state index in [1.54, 1.807) is 4.90 Å². The summed E-state index contributed by atoms with van der Waals surface area (Å²) in [6.07, 6.45) is 1.14. The lowest BCUT2D eigenvalue weighted by Crippen LogP contribution is -2.43. The Bertz CT molecular complexity index is 929. The Labute approximate surface area is 162 Å². The summed E-state index contributed by atoms with van der Waals surface area (Å²) in [5.74, 6) is -0.257. The lowest BCUT2D eigenvalue weighted by molar-refractivity contribution is -0.117. The number of nitrogens with zero attached hydrogens (tertiary/aromatic N) is 2. The molecule has 5 nitrogen and oxygen atoms in total. The zero-order valence-corrected chi connectivity index (χ0v) is 17.7. The summed E-state index contributed by atoms with van der Waals surface area (Å²) < 4.78 is 26.2. The third-order valence-corrected chi connectivity index (χ3v) is 5.61. The summed E-state index contributed by atoms with van der Waals surface area (Å²) in [5, 5.41) is 0. The van der Waals surface area contributed by atoms with Crippen LogP contribution in [0.25, 0.3) is 0 Å². The Morgan fingerprint density at radius 1 is 0.963 bits per heavy atom. The third-order valence-electron chi connectivity index (χ3n) is 4.49. The summed E-state index contributed by atoms with van der Waals surface area (Å²) in [5.41, 5.74) is 5.13. The van der Waals surface area contributed by atoms with Gasteiger partial charge in [0, 0.05) is 12.2 Å². The Morgan fingerprint density at radius 2 is 1.56 bits per heavy atom. The summed E-state index contributed by atoms with van der Waals surface area (Å²) in [4.78, 5) is 14.6. The minimum atomic E-state index is -3.62. The topological polar surface area (TPSA) is 57.7 Å². The first-order valence-corrected chi connectivity index (χ1v) is 10.8. The van der Waals surface area contributed by atoms with Crippen LogP contribution in [0.2, 0.25) is 0 Å². The van der Waals surface area contributed by atoms with Crippen LogP contribution in [0, 0.1) is 27.7 Å². The molecule has 0 heterocycles. The van der Waals surface area contributed by atoms with Crippen molar-refractivity contribution in [2.24, 2.45) is 0 Å². The lowest BCUT2D eigenvalue weighted by atomic mass is 10.1. The highest BCUT2D eigenvalue weighted by atomic mass is 32.2. The molecule has 6 heteroatoms. The fraction of sp³-hybridized carbons (Fsp3) is 0.381. The predicted molar refractivity (Wildman–Crippen MR) is 112 cm³/mol. The number of aryl methyl sites for hydroxylation is 4. The smallest absolute Gasteiger partial charge is 0.247 e. The van der Waals surface area contributed by atoms with E-state index >= 15 is 0 Å². The van der Waals surface area contributed by atoms with Gasteiger partial charge in [-0.3, -0.25) is 9.10 Å². The number of sulfonamides is 1. The second-order valence-corrected chi connectivity index (χ2v) is 8.90. The average Bonchev–Trinajstić information content (AvgIpc) is 2.53. The number of hydrogen-bond acceptors (Lipinski definition) is 3. The van der Waals surface area contributed by atoms with Gasteiger partial charge in [0.2, 0.25) is 15.9 Å². The molecule has 0 saturated carbocycles. The van der Waals surface area contributed by atoms with E-state index < -0.39 is 10.0 Å². The van der Waals surface area contributed by atoms with Gasteiger partial charge in [0.25, 0.3) is 0 Å². The Kier molecular flexibility index (Phi) is 6.31. The van der Waals surface area contributed by atoms with E-state index in [2.05, 4.69) is 0 Å². The number of amides is 1. The first-order chi connectivity index (χ1) is 12.5. The highest BCUT2D eigenvalue weighted by Crippen LogP contribution is 2.28. The van der Waals surface area contributed by atoms with E-state index in [4.69, 9.17) is 0 Å². The lowest BCUT2D eigenvalue weighted by Gasteiger charge is -2.29. The van der Waals surface area contributed by atoms with Crippen molar-refractivity contribution in [2.75, 3.05) is 28.6 Å². The van der Waals surface area contributed by atoms with Crippen LogP contribution in [0.1, 0.15) is 29.2 Å². The zero-order valence-electron chi connectivity index (χ0n) is 16.9.